The molecule has 4 fully saturated rings. The van der Waals surface area contributed by atoms with Gasteiger partial charge in [-0.2, -0.15) is 0 Å². The molecule has 1 heterocycles. The van der Waals surface area contributed by atoms with Crippen molar-refractivity contribution in [2.75, 3.05) is 19.0 Å². The summed E-state index contributed by atoms with van der Waals surface area (Å²) in [6, 6.07) is 3.55. The van der Waals surface area contributed by atoms with Crippen LogP contribution in [0.3, 0.4) is 0 Å². The zero-order chi connectivity index (χ0) is 22.5. The van der Waals surface area contributed by atoms with Crippen LogP contribution < -0.4 is 5.32 Å². The zero-order valence-corrected chi connectivity index (χ0v) is 20.1. The maximum Gasteiger partial charge on any atom is 0.229 e. The summed E-state index contributed by atoms with van der Waals surface area (Å²) in [6.45, 7) is 2.83. The molecular formula is C26H37ClN2O3. The number of hydrogen-bond acceptors (Lipinski definition) is 4. The lowest BCUT2D eigenvalue weighted by Gasteiger charge is -2.57. The van der Waals surface area contributed by atoms with E-state index in [9.17, 15) is 9.90 Å². The lowest BCUT2D eigenvalue weighted by Crippen LogP contribution is -2.52. The summed E-state index contributed by atoms with van der Waals surface area (Å²) in [5.41, 5.74) is -0.569. The van der Waals surface area contributed by atoms with Crippen LogP contribution in [-0.4, -0.2) is 35.3 Å². The molecule has 5 rings (SSSR count). The molecule has 8 atom stereocenters. The van der Waals surface area contributed by atoms with E-state index in [1.54, 1.807) is 25.4 Å². The summed E-state index contributed by atoms with van der Waals surface area (Å²) in [6.07, 6.45) is 11.5. The molecule has 6 heteroatoms. The Bertz CT molecular complexity index is 865. The third-order valence-corrected chi connectivity index (χ3v) is 10.1. The molecule has 0 radical (unpaired) electrons. The van der Waals surface area contributed by atoms with Crippen LogP contribution in [0, 0.1) is 40.9 Å². The number of aliphatic hydroxyl groups is 1. The number of hydrogen-bond donors (Lipinski definition) is 2. The topological polar surface area (TPSA) is 71.5 Å². The van der Waals surface area contributed by atoms with E-state index in [1.165, 1.54) is 19.3 Å². The van der Waals surface area contributed by atoms with Crippen LogP contribution in [0.15, 0.2) is 18.3 Å². The van der Waals surface area contributed by atoms with Crippen LogP contribution in [0.25, 0.3) is 0 Å². The van der Waals surface area contributed by atoms with Gasteiger partial charge in [-0.25, -0.2) is 4.98 Å². The van der Waals surface area contributed by atoms with Crippen LogP contribution in [0.1, 0.15) is 64.7 Å². The smallest absolute Gasteiger partial charge is 0.229 e. The van der Waals surface area contributed by atoms with Crippen molar-refractivity contribution < 1.29 is 14.6 Å². The highest BCUT2D eigenvalue weighted by atomic mass is 35.5. The minimum absolute atomic E-state index is 0.0300. The van der Waals surface area contributed by atoms with E-state index in [-0.39, 0.29) is 17.2 Å². The molecule has 176 valence electrons. The van der Waals surface area contributed by atoms with Gasteiger partial charge in [0.2, 0.25) is 5.91 Å². The Morgan fingerprint density at radius 3 is 2.78 bits per heavy atom. The zero-order valence-electron chi connectivity index (χ0n) is 19.4. The van der Waals surface area contributed by atoms with E-state index in [0.29, 0.717) is 29.3 Å². The molecule has 1 aromatic rings. The van der Waals surface area contributed by atoms with Gasteiger partial charge in [-0.05, 0) is 105 Å². The van der Waals surface area contributed by atoms with E-state index in [1.807, 2.05) is 0 Å². The lowest BCUT2D eigenvalue weighted by molar-refractivity contribution is -0.134. The number of methoxy groups -OCH3 is 1. The number of halogens is 1. The van der Waals surface area contributed by atoms with Crippen molar-refractivity contribution in [2.24, 2.45) is 40.9 Å². The number of carbonyl (C=O) groups excluding carboxylic acids is 1. The van der Waals surface area contributed by atoms with Gasteiger partial charge in [0.1, 0.15) is 0 Å². The standard InChI is InChI=1S/C26H37ClN2O3/c1-25-11-9-18-17-10-12-26(31,15-32-2)14-16(17)5-6-19(18)20(25)7-8-21(25)24(30)29-23-22(27)4-3-13-28-23/h3-4,13,16-21,31H,5-12,14-15H2,1-2H3,(H,28,29,30)/t16-,17+,18-,19-,20+,21-,25+,26-/m1/s1. The molecular weight excluding hydrogens is 424 g/mol. The Morgan fingerprint density at radius 2 is 2.00 bits per heavy atom. The summed E-state index contributed by atoms with van der Waals surface area (Å²) >= 11 is 6.24. The van der Waals surface area contributed by atoms with Gasteiger partial charge >= 0.3 is 0 Å². The monoisotopic (exact) mass is 460 g/mol. The van der Waals surface area contributed by atoms with E-state index >= 15 is 0 Å². The Labute approximate surface area is 196 Å². The number of anilines is 1. The minimum Gasteiger partial charge on any atom is -0.387 e. The molecule has 32 heavy (non-hydrogen) atoms. The first-order valence-corrected chi connectivity index (χ1v) is 12.9. The number of ether oxygens (including phenoxy) is 1. The van der Waals surface area contributed by atoms with Crippen LogP contribution in [-0.2, 0) is 9.53 Å². The van der Waals surface area contributed by atoms with Crippen molar-refractivity contribution in [1.29, 1.82) is 0 Å². The fraction of sp³-hybridized carbons (Fsp3) is 0.769. The fourth-order valence-electron chi connectivity index (χ4n) is 8.47. The summed E-state index contributed by atoms with van der Waals surface area (Å²) in [5, 5.41) is 14.5. The molecule has 0 bridgehead atoms. The Hall–Kier alpha value is -1.17. The predicted octanol–water partition coefficient (Wildman–Crippen LogP) is 5.32. The summed E-state index contributed by atoms with van der Waals surface area (Å²) in [5.74, 6) is 4.05. The molecule has 0 spiro atoms. The van der Waals surface area contributed by atoms with Crippen molar-refractivity contribution in [3.05, 3.63) is 23.4 Å². The second-order valence-corrected chi connectivity index (χ2v) is 11.7. The quantitative estimate of drug-likeness (QED) is 0.637. The number of carbonyl (C=O) groups is 1. The number of nitrogens with zero attached hydrogens (tertiary/aromatic N) is 1. The number of amides is 1. The maximum atomic E-state index is 13.3. The molecule has 1 amide bonds. The normalized spacial score (nSPS) is 43.1. The van der Waals surface area contributed by atoms with Gasteiger partial charge in [-0.1, -0.05) is 18.5 Å². The second kappa shape index (κ2) is 8.56. The Morgan fingerprint density at radius 1 is 1.19 bits per heavy atom. The number of fused-ring (bicyclic) bond motifs is 5. The van der Waals surface area contributed by atoms with Gasteiger partial charge in [0.05, 0.1) is 17.2 Å². The third kappa shape index (κ3) is 3.78. The van der Waals surface area contributed by atoms with Crippen LogP contribution in [0.4, 0.5) is 5.82 Å². The highest BCUT2D eigenvalue weighted by Crippen LogP contribution is 2.64. The molecule has 1 aromatic heterocycles. The number of pyridine rings is 1. The van der Waals surface area contributed by atoms with Crippen molar-refractivity contribution in [1.82, 2.24) is 4.98 Å². The van der Waals surface area contributed by atoms with Gasteiger partial charge in [-0.3, -0.25) is 4.79 Å². The lowest BCUT2D eigenvalue weighted by atomic mass is 9.49. The van der Waals surface area contributed by atoms with E-state index < -0.39 is 5.60 Å². The van der Waals surface area contributed by atoms with Crippen molar-refractivity contribution in [3.63, 3.8) is 0 Å². The summed E-state index contributed by atoms with van der Waals surface area (Å²) < 4.78 is 5.32. The van der Waals surface area contributed by atoms with Crippen LogP contribution in [0.2, 0.25) is 5.02 Å². The average Bonchev–Trinajstić information content (AvgIpc) is 3.12. The number of aromatic nitrogens is 1. The van der Waals surface area contributed by atoms with Crippen LogP contribution in [0.5, 0.6) is 0 Å². The number of nitrogens with one attached hydrogen (secondary N) is 1. The maximum absolute atomic E-state index is 13.3. The van der Waals surface area contributed by atoms with Gasteiger partial charge in [0.15, 0.2) is 5.82 Å². The van der Waals surface area contributed by atoms with Crippen LogP contribution >= 0.6 is 11.6 Å². The van der Waals surface area contributed by atoms with Crippen molar-refractivity contribution >= 4 is 23.3 Å². The molecule has 0 saturated heterocycles. The molecule has 5 nitrogen and oxygen atoms in total. The molecule has 4 saturated carbocycles. The molecule has 4 aliphatic carbocycles. The highest BCUT2D eigenvalue weighted by molar-refractivity contribution is 6.33. The van der Waals surface area contributed by atoms with E-state index in [2.05, 4.69) is 17.2 Å². The Kier molecular flexibility index (Phi) is 6.05. The summed E-state index contributed by atoms with van der Waals surface area (Å²) in [7, 11) is 1.69. The van der Waals surface area contributed by atoms with Gasteiger partial charge in [0, 0.05) is 19.2 Å². The molecule has 4 aliphatic rings. The first-order chi connectivity index (χ1) is 15.3. The second-order valence-electron chi connectivity index (χ2n) is 11.3. The van der Waals surface area contributed by atoms with Gasteiger partial charge in [0.25, 0.3) is 0 Å². The van der Waals surface area contributed by atoms with Gasteiger partial charge < -0.3 is 15.2 Å². The predicted molar refractivity (Wildman–Crippen MR) is 125 cm³/mol. The number of rotatable bonds is 4. The third-order valence-electron chi connectivity index (χ3n) is 9.83. The van der Waals surface area contributed by atoms with E-state index in [0.717, 1.165) is 56.3 Å². The van der Waals surface area contributed by atoms with Crippen molar-refractivity contribution in [3.8, 4) is 0 Å². The first-order valence-electron chi connectivity index (χ1n) is 12.5. The van der Waals surface area contributed by atoms with E-state index in [4.69, 9.17) is 16.3 Å². The Balaban J connectivity index is 1.29. The largest absolute Gasteiger partial charge is 0.387 e. The van der Waals surface area contributed by atoms with Gasteiger partial charge in [-0.15, -0.1) is 0 Å². The molecule has 0 aromatic carbocycles. The summed E-state index contributed by atoms with van der Waals surface area (Å²) in [4.78, 5) is 17.6. The molecule has 0 unspecified atom stereocenters. The average molecular weight is 461 g/mol. The minimum atomic E-state index is -0.630. The van der Waals surface area contributed by atoms with Crippen molar-refractivity contribution in [2.45, 2.75) is 70.3 Å². The highest BCUT2D eigenvalue weighted by Gasteiger charge is 2.59. The molecule has 0 aliphatic heterocycles. The fourth-order valence-corrected chi connectivity index (χ4v) is 8.64. The first kappa shape index (κ1) is 22.6. The SMILES string of the molecule is COC[C@@]1(O)CC[C@H]2[C@H](CC[C@@H]3[C@@H]2CC[C@]2(C)[C@@H](C(=O)Nc4ncccc4Cl)CC[C@@H]32)C1. The molecule has 2 N–H and O–H groups in total.